The van der Waals surface area contributed by atoms with Gasteiger partial charge in [-0.15, -0.1) is 0 Å². The van der Waals surface area contributed by atoms with E-state index in [1.165, 1.54) is 16.7 Å². The predicted molar refractivity (Wildman–Crippen MR) is 88.2 cm³/mol. The fraction of sp³-hybridized carbons (Fsp3) is 0.368. The Balaban J connectivity index is 1.71. The van der Waals surface area contributed by atoms with Crippen LogP contribution in [-0.4, -0.2) is 24.0 Å². The Hall–Kier alpha value is -1.64. The standard InChI is InChI=1S/C19H24N2/c1-15-6-5-7-16(10-15)12-21-13-18(11-19(20)14-21)17-8-3-2-4-9-17/h2-10,18-19H,11-14,20H2,1H3. The van der Waals surface area contributed by atoms with Crippen molar-refractivity contribution in [2.75, 3.05) is 13.1 Å². The summed E-state index contributed by atoms with van der Waals surface area (Å²) >= 11 is 0. The Bertz CT molecular complexity index is 579. The van der Waals surface area contributed by atoms with Gasteiger partial charge in [-0.2, -0.15) is 0 Å². The quantitative estimate of drug-likeness (QED) is 0.934. The van der Waals surface area contributed by atoms with Crippen molar-refractivity contribution in [2.24, 2.45) is 5.73 Å². The second-order valence-corrected chi connectivity index (χ2v) is 6.29. The van der Waals surface area contributed by atoms with Crippen molar-refractivity contribution in [1.82, 2.24) is 4.90 Å². The summed E-state index contributed by atoms with van der Waals surface area (Å²) in [6, 6.07) is 19.8. The average Bonchev–Trinajstić information content (AvgIpc) is 2.47. The van der Waals surface area contributed by atoms with E-state index in [-0.39, 0.29) is 6.04 Å². The molecule has 0 spiro atoms. The molecule has 0 amide bonds. The molecule has 2 aromatic rings. The fourth-order valence-electron chi connectivity index (χ4n) is 3.40. The molecule has 0 radical (unpaired) electrons. The molecular formula is C19H24N2. The molecule has 2 N–H and O–H groups in total. The van der Waals surface area contributed by atoms with Crippen LogP contribution in [0.2, 0.25) is 0 Å². The van der Waals surface area contributed by atoms with Crippen molar-refractivity contribution in [1.29, 1.82) is 0 Å². The molecular weight excluding hydrogens is 256 g/mol. The summed E-state index contributed by atoms with van der Waals surface area (Å²) in [5, 5.41) is 0. The highest BCUT2D eigenvalue weighted by molar-refractivity contribution is 5.23. The molecule has 2 unspecified atom stereocenters. The zero-order valence-electron chi connectivity index (χ0n) is 12.7. The first-order valence-electron chi connectivity index (χ1n) is 7.79. The van der Waals surface area contributed by atoms with Crippen LogP contribution in [-0.2, 0) is 6.54 Å². The van der Waals surface area contributed by atoms with Crippen LogP contribution in [0.1, 0.15) is 29.0 Å². The summed E-state index contributed by atoms with van der Waals surface area (Å²) in [4.78, 5) is 2.50. The minimum Gasteiger partial charge on any atom is -0.327 e. The molecule has 110 valence electrons. The van der Waals surface area contributed by atoms with E-state index in [1.54, 1.807) is 0 Å². The van der Waals surface area contributed by atoms with Gasteiger partial charge in [0.15, 0.2) is 0 Å². The first kappa shape index (κ1) is 14.3. The number of benzene rings is 2. The van der Waals surface area contributed by atoms with Crippen molar-refractivity contribution in [3.63, 3.8) is 0 Å². The molecule has 1 heterocycles. The Labute approximate surface area is 127 Å². The normalized spacial score (nSPS) is 23.1. The molecule has 3 rings (SSSR count). The van der Waals surface area contributed by atoms with Gasteiger partial charge in [-0.3, -0.25) is 4.90 Å². The van der Waals surface area contributed by atoms with Crippen LogP contribution in [0.4, 0.5) is 0 Å². The first-order chi connectivity index (χ1) is 10.2. The molecule has 1 aliphatic rings. The molecule has 2 nitrogen and oxygen atoms in total. The SMILES string of the molecule is Cc1cccc(CN2CC(N)CC(c3ccccc3)C2)c1. The largest absolute Gasteiger partial charge is 0.327 e. The molecule has 0 aliphatic carbocycles. The van der Waals surface area contributed by atoms with Crippen LogP contribution >= 0.6 is 0 Å². The van der Waals surface area contributed by atoms with Gasteiger partial charge >= 0.3 is 0 Å². The molecule has 0 saturated carbocycles. The Morgan fingerprint density at radius 3 is 2.62 bits per heavy atom. The number of piperidine rings is 1. The minimum atomic E-state index is 0.272. The third-order valence-electron chi connectivity index (χ3n) is 4.32. The van der Waals surface area contributed by atoms with Gasteiger partial charge in [0.2, 0.25) is 0 Å². The Morgan fingerprint density at radius 1 is 1.05 bits per heavy atom. The highest BCUT2D eigenvalue weighted by Crippen LogP contribution is 2.27. The molecule has 1 saturated heterocycles. The second-order valence-electron chi connectivity index (χ2n) is 6.29. The molecule has 1 fully saturated rings. The third kappa shape index (κ3) is 3.72. The highest BCUT2D eigenvalue weighted by Gasteiger charge is 2.26. The highest BCUT2D eigenvalue weighted by atomic mass is 15.1. The molecule has 2 aromatic carbocycles. The first-order valence-corrected chi connectivity index (χ1v) is 7.79. The molecule has 1 aliphatic heterocycles. The maximum atomic E-state index is 6.29. The van der Waals surface area contributed by atoms with E-state index in [2.05, 4.69) is 66.4 Å². The lowest BCUT2D eigenvalue weighted by Crippen LogP contribution is -2.45. The van der Waals surface area contributed by atoms with Gasteiger partial charge in [0.05, 0.1) is 0 Å². The number of nitrogens with zero attached hydrogens (tertiary/aromatic N) is 1. The smallest absolute Gasteiger partial charge is 0.0234 e. The van der Waals surface area contributed by atoms with E-state index in [0.29, 0.717) is 5.92 Å². The Morgan fingerprint density at radius 2 is 1.86 bits per heavy atom. The van der Waals surface area contributed by atoms with Crippen molar-refractivity contribution in [3.8, 4) is 0 Å². The van der Waals surface area contributed by atoms with Gasteiger partial charge in [0.1, 0.15) is 0 Å². The van der Waals surface area contributed by atoms with Gasteiger partial charge in [-0.25, -0.2) is 0 Å². The Kier molecular flexibility index (Phi) is 4.37. The number of likely N-dealkylation sites (tertiary alicyclic amines) is 1. The lowest BCUT2D eigenvalue weighted by atomic mass is 9.88. The summed E-state index contributed by atoms with van der Waals surface area (Å²) in [6.07, 6.45) is 1.09. The summed E-state index contributed by atoms with van der Waals surface area (Å²) < 4.78 is 0. The number of rotatable bonds is 3. The van der Waals surface area contributed by atoms with Crippen LogP contribution in [0.5, 0.6) is 0 Å². The van der Waals surface area contributed by atoms with E-state index in [4.69, 9.17) is 5.73 Å². The molecule has 0 bridgehead atoms. The lowest BCUT2D eigenvalue weighted by Gasteiger charge is -2.36. The number of hydrogen-bond donors (Lipinski definition) is 1. The topological polar surface area (TPSA) is 29.3 Å². The summed E-state index contributed by atoms with van der Waals surface area (Å²) in [5.74, 6) is 0.555. The maximum Gasteiger partial charge on any atom is 0.0234 e. The van der Waals surface area contributed by atoms with Crippen LogP contribution in [0.3, 0.4) is 0 Å². The predicted octanol–water partition coefficient (Wildman–Crippen LogP) is 3.31. The van der Waals surface area contributed by atoms with Crippen molar-refractivity contribution >= 4 is 0 Å². The van der Waals surface area contributed by atoms with Gasteiger partial charge < -0.3 is 5.73 Å². The van der Waals surface area contributed by atoms with Crippen LogP contribution in [0.25, 0.3) is 0 Å². The molecule has 2 heteroatoms. The van der Waals surface area contributed by atoms with E-state index < -0.39 is 0 Å². The molecule has 0 aromatic heterocycles. The van der Waals surface area contributed by atoms with Crippen LogP contribution < -0.4 is 5.73 Å². The van der Waals surface area contributed by atoms with Gasteiger partial charge in [0.25, 0.3) is 0 Å². The summed E-state index contributed by atoms with van der Waals surface area (Å²) in [6.45, 7) is 5.25. The molecule has 2 atom stereocenters. The van der Waals surface area contributed by atoms with Gasteiger partial charge in [0, 0.05) is 25.7 Å². The van der Waals surface area contributed by atoms with Crippen molar-refractivity contribution in [3.05, 3.63) is 71.3 Å². The zero-order chi connectivity index (χ0) is 14.7. The zero-order valence-corrected chi connectivity index (χ0v) is 12.7. The maximum absolute atomic E-state index is 6.29. The van der Waals surface area contributed by atoms with E-state index in [1.807, 2.05) is 0 Å². The monoisotopic (exact) mass is 280 g/mol. The number of hydrogen-bond acceptors (Lipinski definition) is 2. The lowest BCUT2D eigenvalue weighted by molar-refractivity contribution is 0.181. The minimum absolute atomic E-state index is 0.272. The van der Waals surface area contributed by atoms with Gasteiger partial charge in [-0.1, -0.05) is 60.2 Å². The average molecular weight is 280 g/mol. The summed E-state index contributed by atoms with van der Waals surface area (Å²) in [7, 11) is 0. The van der Waals surface area contributed by atoms with E-state index in [9.17, 15) is 0 Å². The third-order valence-corrected chi connectivity index (χ3v) is 4.32. The van der Waals surface area contributed by atoms with Crippen molar-refractivity contribution in [2.45, 2.75) is 31.8 Å². The van der Waals surface area contributed by atoms with E-state index in [0.717, 1.165) is 26.1 Å². The number of nitrogens with two attached hydrogens (primary N) is 1. The number of aryl methyl sites for hydroxylation is 1. The van der Waals surface area contributed by atoms with Crippen LogP contribution in [0.15, 0.2) is 54.6 Å². The summed E-state index contributed by atoms with van der Waals surface area (Å²) in [5.41, 5.74) is 10.4. The van der Waals surface area contributed by atoms with Crippen molar-refractivity contribution < 1.29 is 0 Å². The fourth-order valence-corrected chi connectivity index (χ4v) is 3.40. The van der Waals surface area contributed by atoms with Gasteiger partial charge in [-0.05, 0) is 30.4 Å². The second kappa shape index (κ2) is 6.42. The molecule has 21 heavy (non-hydrogen) atoms. The van der Waals surface area contributed by atoms with Crippen LogP contribution in [0, 0.1) is 6.92 Å². The van der Waals surface area contributed by atoms with E-state index >= 15 is 0 Å².